The zero-order valence-corrected chi connectivity index (χ0v) is 13.3. The molecule has 4 heteroatoms. The third-order valence-electron chi connectivity index (χ3n) is 4.53. The zero-order chi connectivity index (χ0) is 14.0. The van der Waals surface area contributed by atoms with Crippen LogP contribution in [0.15, 0.2) is 4.99 Å². The van der Waals surface area contributed by atoms with Gasteiger partial charge in [-0.15, -0.1) is 0 Å². The third-order valence-corrected chi connectivity index (χ3v) is 5.96. The maximum absolute atomic E-state index is 11.9. The fourth-order valence-corrected chi connectivity index (χ4v) is 4.02. The minimum atomic E-state index is 0.0372. The lowest BCUT2D eigenvalue weighted by Gasteiger charge is -2.35. The van der Waals surface area contributed by atoms with Crippen molar-refractivity contribution in [2.24, 2.45) is 16.8 Å². The van der Waals surface area contributed by atoms with Crippen LogP contribution >= 0.6 is 11.8 Å². The van der Waals surface area contributed by atoms with Crippen molar-refractivity contribution < 1.29 is 4.79 Å². The number of hydrogen-bond donors (Lipinski definition) is 1. The number of aliphatic imine (C=N–C) groups is 1. The van der Waals surface area contributed by atoms with Gasteiger partial charge in [0.2, 0.25) is 5.91 Å². The van der Waals surface area contributed by atoms with Crippen molar-refractivity contribution >= 4 is 22.8 Å². The molecule has 0 aromatic carbocycles. The van der Waals surface area contributed by atoms with Crippen LogP contribution in [-0.2, 0) is 4.79 Å². The minimum absolute atomic E-state index is 0.0372. The lowest BCUT2D eigenvalue weighted by Crippen LogP contribution is -2.34. The van der Waals surface area contributed by atoms with E-state index in [1.165, 1.54) is 12.8 Å². The molecule has 0 spiro atoms. The first-order chi connectivity index (χ1) is 8.96. The molecule has 1 amide bonds. The molecule has 0 aromatic heterocycles. The summed E-state index contributed by atoms with van der Waals surface area (Å²) in [5.41, 5.74) is 0.0774. The molecule has 1 unspecified atom stereocenters. The molecule has 108 valence electrons. The molecule has 1 saturated heterocycles. The third kappa shape index (κ3) is 3.33. The van der Waals surface area contributed by atoms with Crippen LogP contribution in [0.5, 0.6) is 0 Å². The standard InChI is InChI=1S/C15H26N2OS/c1-5-15(8-6-11(4)7-9-15)17-14-16-13(18)12(19-14)10(2)3/h10-12H,5-9H2,1-4H3,(H,16,17,18). The fourth-order valence-electron chi connectivity index (χ4n) is 2.93. The Hall–Kier alpha value is -0.510. The second kappa shape index (κ2) is 5.86. The Morgan fingerprint density at radius 1 is 1.42 bits per heavy atom. The number of carbonyl (C=O) groups is 1. The van der Waals surface area contributed by atoms with Crippen LogP contribution in [0.4, 0.5) is 0 Å². The van der Waals surface area contributed by atoms with Gasteiger partial charge in [0, 0.05) is 0 Å². The molecule has 0 aromatic rings. The largest absolute Gasteiger partial charge is 0.304 e. The van der Waals surface area contributed by atoms with Crippen LogP contribution in [0.2, 0.25) is 0 Å². The summed E-state index contributed by atoms with van der Waals surface area (Å²) >= 11 is 1.62. The van der Waals surface area contributed by atoms with E-state index in [2.05, 4.69) is 33.0 Å². The van der Waals surface area contributed by atoms with E-state index in [9.17, 15) is 4.79 Å². The SMILES string of the molecule is CCC1(N=C2NC(=O)C(C(C)C)S2)CCC(C)CC1. The molecule has 1 heterocycles. The lowest BCUT2D eigenvalue weighted by molar-refractivity contribution is -0.119. The Morgan fingerprint density at radius 2 is 2.05 bits per heavy atom. The van der Waals surface area contributed by atoms with Gasteiger partial charge in [0.15, 0.2) is 5.17 Å². The van der Waals surface area contributed by atoms with Crippen molar-refractivity contribution in [1.29, 1.82) is 0 Å². The molecule has 1 aliphatic heterocycles. The predicted molar refractivity (Wildman–Crippen MR) is 82.4 cm³/mol. The highest BCUT2D eigenvalue weighted by molar-refractivity contribution is 8.15. The number of nitrogens with zero attached hydrogens (tertiary/aromatic N) is 1. The number of amidine groups is 1. The summed E-state index contributed by atoms with van der Waals surface area (Å²) in [6.07, 6.45) is 5.92. The van der Waals surface area contributed by atoms with Crippen LogP contribution < -0.4 is 5.32 Å². The fraction of sp³-hybridized carbons (Fsp3) is 0.867. The van der Waals surface area contributed by atoms with Crippen LogP contribution in [0.3, 0.4) is 0 Å². The predicted octanol–water partition coefficient (Wildman–Crippen LogP) is 3.59. The maximum Gasteiger partial charge on any atom is 0.239 e. The highest BCUT2D eigenvalue weighted by Crippen LogP contribution is 2.38. The monoisotopic (exact) mass is 282 g/mol. The van der Waals surface area contributed by atoms with Crippen LogP contribution in [0.25, 0.3) is 0 Å². The Kier molecular flexibility index (Phi) is 4.59. The Labute approximate surface area is 121 Å². The molecule has 1 saturated carbocycles. The van der Waals surface area contributed by atoms with Gasteiger partial charge in [0.1, 0.15) is 0 Å². The first-order valence-corrected chi connectivity index (χ1v) is 8.41. The van der Waals surface area contributed by atoms with E-state index in [1.54, 1.807) is 11.8 Å². The molecule has 3 nitrogen and oxygen atoms in total. The van der Waals surface area contributed by atoms with Gasteiger partial charge in [-0.3, -0.25) is 9.79 Å². The van der Waals surface area contributed by atoms with E-state index < -0.39 is 0 Å². The van der Waals surface area contributed by atoms with E-state index in [-0.39, 0.29) is 16.7 Å². The number of hydrogen-bond acceptors (Lipinski definition) is 3. The number of amides is 1. The van der Waals surface area contributed by atoms with Gasteiger partial charge < -0.3 is 5.32 Å². The molecule has 19 heavy (non-hydrogen) atoms. The Bertz CT molecular complexity index is 370. The molecule has 2 aliphatic rings. The van der Waals surface area contributed by atoms with E-state index in [0.717, 1.165) is 30.3 Å². The van der Waals surface area contributed by atoms with Crippen molar-refractivity contribution in [3.8, 4) is 0 Å². The van der Waals surface area contributed by atoms with Crippen LogP contribution in [0, 0.1) is 11.8 Å². The Morgan fingerprint density at radius 3 is 2.53 bits per heavy atom. The molecule has 0 radical (unpaired) electrons. The number of rotatable bonds is 3. The number of nitrogens with one attached hydrogen (secondary N) is 1. The van der Waals surface area contributed by atoms with Crippen LogP contribution in [-0.4, -0.2) is 21.9 Å². The summed E-state index contributed by atoms with van der Waals surface area (Å²) in [6, 6.07) is 0. The summed E-state index contributed by atoms with van der Waals surface area (Å²) in [5, 5.41) is 3.88. The molecular formula is C15H26N2OS. The van der Waals surface area contributed by atoms with Gasteiger partial charge in [-0.1, -0.05) is 39.5 Å². The molecular weight excluding hydrogens is 256 g/mol. The summed E-state index contributed by atoms with van der Waals surface area (Å²) in [6.45, 7) is 8.74. The van der Waals surface area contributed by atoms with Gasteiger partial charge in [-0.2, -0.15) is 0 Å². The molecule has 0 bridgehead atoms. The van der Waals surface area contributed by atoms with Gasteiger partial charge in [-0.05, 0) is 43.9 Å². The first kappa shape index (κ1) is 14.9. The lowest BCUT2D eigenvalue weighted by atomic mass is 9.76. The number of thioether (sulfide) groups is 1. The van der Waals surface area contributed by atoms with Crippen molar-refractivity contribution in [2.75, 3.05) is 0 Å². The highest BCUT2D eigenvalue weighted by atomic mass is 32.2. The topological polar surface area (TPSA) is 41.5 Å². The minimum Gasteiger partial charge on any atom is -0.304 e. The summed E-state index contributed by atoms with van der Waals surface area (Å²) in [5.74, 6) is 1.32. The van der Waals surface area contributed by atoms with E-state index in [1.807, 2.05) is 0 Å². The first-order valence-electron chi connectivity index (χ1n) is 7.53. The maximum atomic E-state index is 11.9. The molecule has 1 aliphatic carbocycles. The summed E-state index contributed by atoms with van der Waals surface area (Å²) < 4.78 is 0. The summed E-state index contributed by atoms with van der Waals surface area (Å²) in [4.78, 5) is 16.8. The quantitative estimate of drug-likeness (QED) is 0.859. The second-order valence-corrected chi connectivity index (χ2v) is 7.58. The van der Waals surface area contributed by atoms with E-state index >= 15 is 0 Å². The smallest absolute Gasteiger partial charge is 0.239 e. The van der Waals surface area contributed by atoms with Crippen molar-refractivity contribution in [1.82, 2.24) is 5.32 Å². The average molecular weight is 282 g/mol. The molecule has 2 rings (SSSR count). The van der Waals surface area contributed by atoms with Gasteiger partial charge in [-0.25, -0.2) is 0 Å². The normalized spacial score (nSPS) is 37.9. The van der Waals surface area contributed by atoms with E-state index in [0.29, 0.717) is 5.92 Å². The van der Waals surface area contributed by atoms with Crippen molar-refractivity contribution in [3.63, 3.8) is 0 Å². The zero-order valence-electron chi connectivity index (χ0n) is 12.5. The van der Waals surface area contributed by atoms with Crippen molar-refractivity contribution in [3.05, 3.63) is 0 Å². The second-order valence-electron chi connectivity index (χ2n) is 6.45. The molecule has 2 fully saturated rings. The van der Waals surface area contributed by atoms with E-state index in [4.69, 9.17) is 4.99 Å². The summed E-state index contributed by atoms with van der Waals surface area (Å²) in [7, 11) is 0. The highest BCUT2D eigenvalue weighted by Gasteiger charge is 2.37. The number of carbonyl (C=O) groups excluding carboxylic acids is 1. The Balaban J connectivity index is 2.10. The van der Waals surface area contributed by atoms with Gasteiger partial charge >= 0.3 is 0 Å². The van der Waals surface area contributed by atoms with Gasteiger partial charge in [0.25, 0.3) is 0 Å². The van der Waals surface area contributed by atoms with Crippen LogP contribution in [0.1, 0.15) is 59.8 Å². The molecule has 1 N–H and O–H groups in total. The molecule has 1 atom stereocenters. The van der Waals surface area contributed by atoms with Crippen molar-refractivity contribution in [2.45, 2.75) is 70.6 Å². The van der Waals surface area contributed by atoms with Gasteiger partial charge in [0.05, 0.1) is 10.8 Å². The average Bonchev–Trinajstić information content (AvgIpc) is 2.73.